The molecule has 1 aliphatic rings. The number of piperidine rings is 1. The van der Waals surface area contributed by atoms with Crippen molar-refractivity contribution < 1.29 is 8.91 Å². The lowest BCUT2D eigenvalue weighted by atomic mass is 9.96. The number of halogens is 2. The third-order valence-corrected chi connectivity index (χ3v) is 4.11. The van der Waals surface area contributed by atoms with Crippen LogP contribution in [0.25, 0.3) is 11.5 Å². The molecule has 0 bridgehead atoms. The lowest BCUT2D eigenvalue weighted by molar-refractivity contribution is 0.360. The number of nitrogens with zero attached hydrogens (tertiary/aromatic N) is 2. The average molecular weight is 340 g/mol. The van der Waals surface area contributed by atoms with Crippen LogP contribution in [0.15, 0.2) is 27.2 Å². The van der Waals surface area contributed by atoms with Gasteiger partial charge in [0.25, 0.3) is 5.89 Å². The smallest absolute Gasteiger partial charge is 0.257 e. The molecule has 1 atom stereocenters. The first-order chi connectivity index (χ1) is 9.72. The van der Waals surface area contributed by atoms with Gasteiger partial charge in [-0.3, -0.25) is 0 Å². The fraction of sp³-hybridized carbons (Fsp3) is 0.429. The van der Waals surface area contributed by atoms with Crippen LogP contribution in [0, 0.1) is 11.7 Å². The van der Waals surface area contributed by atoms with E-state index < -0.39 is 0 Å². The molecule has 2 heterocycles. The zero-order chi connectivity index (χ0) is 13.9. The summed E-state index contributed by atoms with van der Waals surface area (Å²) in [6.07, 6.45) is 3.21. The highest BCUT2D eigenvalue weighted by Crippen LogP contribution is 2.24. The summed E-state index contributed by atoms with van der Waals surface area (Å²) in [5.74, 6) is 1.41. The Kier molecular flexibility index (Phi) is 4.12. The van der Waals surface area contributed by atoms with Gasteiger partial charge in [0.05, 0.1) is 4.47 Å². The van der Waals surface area contributed by atoms with Crippen molar-refractivity contribution in [3.63, 3.8) is 0 Å². The summed E-state index contributed by atoms with van der Waals surface area (Å²) in [7, 11) is 0. The number of hydrogen-bond acceptors (Lipinski definition) is 4. The van der Waals surface area contributed by atoms with Crippen LogP contribution >= 0.6 is 15.9 Å². The van der Waals surface area contributed by atoms with Crippen molar-refractivity contribution in [2.75, 3.05) is 13.1 Å². The number of benzene rings is 1. The van der Waals surface area contributed by atoms with Crippen molar-refractivity contribution in [3.05, 3.63) is 34.3 Å². The third kappa shape index (κ3) is 3.07. The van der Waals surface area contributed by atoms with Gasteiger partial charge in [0.15, 0.2) is 5.82 Å². The Morgan fingerprint density at radius 2 is 2.35 bits per heavy atom. The maximum Gasteiger partial charge on any atom is 0.257 e. The highest BCUT2D eigenvalue weighted by Gasteiger charge is 2.17. The van der Waals surface area contributed by atoms with Gasteiger partial charge in [-0.15, -0.1) is 0 Å². The fourth-order valence-electron chi connectivity index (χ4n) is 2.44. The Bertz CT molecular complexity index is 596. The van der Waals surface area contributed by atoms with Gasteiger partial charge in [0.1, 0.15) is 5.82 Å². The maximum absolute atomic E-state index is 13.2. The van der Waals surface area contributed by atoms with Crippen molar-refractivity contribution in [1.82, 2.24) is 15.5 Å². The molecule has 4 nitrogen and oxygen atoms in total. The summed E-state index contributed by atoms with van der Waals surface area (Å²) in [4.78, 5) is 4.40. The molecule has 0 aliphatic carbocycles. The molecule has 0 radical (unpaired) electrons. The Labute approximate surface area is 124 Å². The number of nitrogens with one attached hydrogen (secondary N) is 1. The second-order valence-electron chi connectivity index (χ2n) is 5.06. The minimum absolute atomic E-state index is 0.304. The number of aromatic nitrogens is 2. The molecular weight excluding hydrogens is 325 g/mol. The van der Waals surface area contributed by atoms with E-state index in [1.54, 1.807) is 12.1 Å². The zero-order valence-corrected chi connectivity index (χ0v) is 12.5. The van der Waals surface area contributed by atoms with Crippen molar-refractivity contribution in [2.24, 2.45) is 5.92 Å². The van der Waals surface area contributed by atoms with Crippen LogP contribution in [0.2, 0.25) is 0 Å². The highest BCUT2D eigenvalue weighted by molar-refractivity contribution is 9.10. The monoisotopic (exact) mass is 339 g/mol. The molecule has 20 heavy (non-hydrogen) atoms. The van der Waals surface area contributed by atoms with Gasteiger partial charge in [0.2, 0.25) is 0 Å². The molecule has 1 aromatic heterocycles. The van der Waals surface area contributed by atoms with E-state index >= 15 is 0 Å². The number of rotatable bonds is 3. The van der Waals surface area contributed by atoms with Gasteiger partial charge in [-0.2, -0.15) is 4.98 Å². The molecule has 6 heteroatoms. The van der Waals surface area contributed by atoms with Crippen molar-refractivity contribution >= 4 is 15.9 Å². The Morgan fingerprint density at radius 1 is 1.45 bits per heavy atom. The normalized spacial score (nSPS) is 19.2. The average Bonchev–Trinajstić information content (AvgIpc) is 2.91. The van der Waals surface area contributed by atoms with Crippen LogP contribution < -0.4 is 5.32 Å². The van der Waals surface area contributed by atoms with Crippen LogP contribution in [0.4, 0.5) is 4.39 Å². The van der Waals surface area contributed by atoms with Gasteiger partial charge >= 0.3 is 0 Å². The number of hydrogen-bond donors (Lipinski definition) is 1. The van der Waals surface area contributed by atoms with Gasteiger partial charge < -0.3 is 9.84 Å². The Morgan fingerprint density at radius 3 is 3.10 bits per heavy atom. The first-order valence-electron chi connectivity index (χ1n) is 6.71. The molecule has 0 spiro atoms. The van der Waals surface area contributed by atoms with E-state index in [1.165, 1.54) is 18.9 Å². The van der Waals surface area contributed by atoms with Crippen molar-refractivity contribution in [2.45, 2.75) is 19.3 Å². The van der Waals surface area contributed by atoms with Crippen LogP contribution in [-0.2, 0) is 6.42 Å². The molecule has 1 saturated heterocycles. The van der Waals surface area contributed by atoms with E-state index in [-0.39, 0.29) is 5.82 Å². The van der Waals surface area contributed by atoms with E-state index in [4.69, 9.17) is 4.52 Å². The maximum atomic E-state index is 13.2. The topological polar surface area (TPSA) is 51.0 Å². The van der Waals surface area contributed by atoms with Crippen LogP contribution in [-0.4, -0.2) is 23.2 Å². The lowest BCUT2D eigenvalue weighted by Crippen LogP contribution is -2.31. The largest absolute Gasteiger partial charge is 0.334 e. The summed E-state index contributed by atoms with van der Waals surface area (Å²) in [5, 5.41) is 7.39. The Hall–Kier alpha value is -1.27. The molecule has 1 aliphatic heterocycles. The van der Waals surface area contributed by atoms with E-state index in [1.807, 2.05) is 0 Å². The molecule has 0 saturated carbocycles. The summed E-state index contributed by atoms with van der Waals surface area (Å²) in [5.41, 5.74) is 0.721. The second-order valence-corrected chi connectivity index (χ2v) is 5.92. The molecule has 1 aromatic carbocycles. The first-order valence-corrected chi connectivity index (χ1v) is 7.50. The zero-order valence-electron chi connectivity index (χ0n) is 10.9. The van der Waals surface area contributed by atoms with E-state index in [9.17, 15) is 4.39 Å². The van der Waals surface area contributed by atoms with Gasteiger partial charge in [0, 0.05) is 12.0 Å². The van der Waals surface area contributed by atoms with Crippen LogP contribution in [0.3, 0.4) is 0 Å². The standard InChI is InChI=1S/C14H15BrFN3O/c15-11-7-10(3-4-12(11)16)14-18-13(19-20-14)6-9-2-1-5-17-8-9/h3-4,7,9,17H,1-2,5-6,8H2. The van der Waals surface area contributed by atoms with Gasteiger partial charge in [-0.25, -0.2) is 4.39 Å². The molecule has 1 fully saturated rings. The van der Waals surface area contributed by atoms with Crippen molar-refractivity contribution in [1.29, 1.82) is 0 Å². The van der Waals surface area contributed by atoms with Gasteiger partial charge in [-0.05, 0) is 66.0 Å². The highest BCUT2D eigenvalue weighted by atomic mass is 79.9. The molecule has 1 unspecified atom stereocenters. The van der Waals surface area contributed by atoms with E-state index in [0.29, 0.717) is 22.1 Å². The molecule has 1 N–H and O–H groups in total. The molecular formula is C14H15BrFN3O. The third-order valence-electron chi connectivity index (χ3n) is 3.50. The molecule has 0 amide bonds. The second kappa shape index (κ2) is 6.01. The Balaban J connectivity index is 1.73. The quantitative estimate of drug-likeness (QED) is 0.932. The SMILES string of the molecule is Fc1ccc(-c2nc(CC3CCCNC3)no2)cc1Br. The summed E-state index contributed by atoms with van der Waals surface area (Å²) < 4.78 is 18.9. The predicted octanol–water partition coefficient (Wildman–Crippen LogP) is 3.18. The summed E-state index contributed by atoms with van der Waals surface area (Å²) in [6, 6.07) is 4.67. The lowest BCUT2D eigenvalue weighted by Gasteiger charge is -2.20. The first kappa shape index (κ1) is 13.7. The van der Waals surface area contributed by atoms with E-state index in [2.05, 4.69) is 31.4 Å². The molecule has 106 valence electrons. The van der Waals surface area contributed by atoms with Crippen molar-refractivity contribution in [3.8, 4) is 11.5 Å². The minimum Gasteiger partial charge on any atom is -0.334 e. The predicted molar refractivity (Wildman–Crippen MR) is 76.7 cm³/mol. The minimum atomic E-state index is -0.304. The van der Waals surface area contributed by atoms with Gasteiger partial charge in [-0.1, -0.05) is 5.16 Å². The summed E-state index contributed by atoms with van der Waals surface area (Å²) in [6.45, 7) is 2.10. The molecule has 2 aromatic rings. The summed E-state index contributed by atoms with van der Waals surface area (Å²) >= 11 is 3.16. The van der Waals surface area contributed by atoms with E-state index in [0.717, 1.165) is 25.1 Å². The van der Waals surface area contributed by atoms with Crippen LogP contribution in [0.5, 0.6) is 0 Å². The fourth-order valence-corrected chi connectivity index (χ4v) is 2.82. The molecule has 3 rings (SSSR count). The van der Waals surface area contributed by atoms with Crippen LogP contribution in [0.1, 0.15) is 18.7 Å².